The van der Waals surface area contributed by atoms with Crippen LogP contribution in [0.3, 0.4) is 0 Å². The van der Waals surface area contributed by atoms with E-state index in [0.717, 1.165) is 0 Å². The summed E-state index contributed by atoms with van der Waals surface area (Å²) in [6, 6.07) is 8.30. The number of halogens is 4. The molecule has 116 valence electrons. The van der Waals surface area contributed by atoms with E-state index in [1.165, 1.54) is 0 Å². The molecule has 0 saturated heterocycles. The molecule has 22 heavy (non-hydrogen) atoms. The predicted molar refractivity (Wildman–Crippen MR) is 72.9 cm³/mol. The molecule has 0 saturated carbocycles. The molecule has 0 amide bonds. The fourth-order valence-electron chi connectivity index (χ4n) is 1.92. The molecule has 0 radical (unpaired) electrons. The molecular formula is C13H8ClF3N2O3. The van der Waals surface area contributed by atoms with E-state index in [1.807, 2.05) is 0 Å². The molecule has 0 bridgehead atoms. The number of nitrogens with zero attached hydrogens (tertiary/aromatic N) is 2. The quantitative estimate of drug-likeness (QED) is 0.638. The lowest BCUT2D eigenvalue weighted by molar-refractivity contribution is -0.387. The Bertz CT molecular complexity index is 773. The van der Waals surface area contributed by atoms with Gasteiger partial charge in [0.1, 0.15) is 5.02 Å². The summed E-state index contributed by atoms with van der Waals surface area (Å²) < 4.78 is 37.9. The molecule has 0 aliphatic heterocycles. The largest absolute Gasteiger partial charge is 0.491 e. The number of nitro groups is 1. The molecule has 1 aromatic heterocycles. The van der Waals surface area contributed by atoms with Gasteiger partial charge < -0.3 is 0 Å². The van der Waals surface area contributed by atoms with Crippen LogP contribution < -0.4 is 5.56 Å². The minimum Gasteiger partial charge on any atom is -0.261 e. The molecule has 1 heterocycles. The van der Waals surface area contributed by atoms with E-state index in [2.05, 4.69) is 0 Å². The highest BCUT2D eigenvalue weighted by atomic mass is 35.5. The van der Waals surface area contributed by atoms with Crippen LogP contribution in [0.5, 0.6) is 0 Å². The molecule has 1 aromatic carbocycles. The number of pyridine rings is 1. The highest BCUT2D eigenvalue weighted by Crippen LogP contribution is 2.30. The number of hydrogen-bond donors (Lipinski definition) is 0. The Labute approximate surface area is 126 Å². The van der Waals surface area contributed by atoms with Gasteiger partial charge in [0, 0.05) is 12.6 Å². The van der Waals surface area contributed by atoms with Crippen LogP contribution in [0.2, 0.25) is 5.02 Å². The number of benzene rings is 1. The van der Waals surface area contributed by atoms with Crippen LogP contribution in [0.15, 0.2) is 41.3 Å². The number of rotatable bonds is 3. The molecule has 0 spiro atoms. The molecule has 2 aromatic rings. The third-order valence-electron chi connectivity index (χ3n) is 2.89. The normalized spacial score (nSPS) is 11.5. The van der Waals surface area contributed by atoms with Crippen molar-refractivity contribution in [1.29, 1.82) is 0 Å². The zero-order chi connectivity index (χ0) is 16.5. The van der Waals surface area contributed by atoms with Gasteiger partial charge in [-0.1, -0.05) is 41.9 Å². The van der Waals surface area contributed by atoms with Crippen molar-refractivity contribution < 1.29 is 18.1 Å². The highest BCUT2D eigenvalue weighted by Gasteiger charge is 2.37. The molecule has 5 nitrogen and oxygen atoms in total. The van der Waals surface area contributed by atoms with E-state index in [4.69, 9.17) is 11.6 Å². The summed E-state index contributed by atoms with van der Waals surface area (Å²) >= 11 is 5.76. The molecule has 0 atom stereocenters. The van der Waals surface area contributed by atoms with Gasteiger partial charge in [-0.25, -0.2) is 4.57 Å². The van der Waals surface area contributed by atoms with Gasteiger partial charge in [0.2, 0.25) is 0 Å². The number of hydrogen-bond acceptors (Lipinski definition) is 3. The second-order valence-electron chi connectivity index (χ2n) is 4.38. The first-order valence-electron chi connectivity index (χ1n) is 5.91. The maximum absolute atomic E-state index is 12.8. The lowest BCUT2D eigenvalue weighted by Gasteiger charge is -2.13. The zero-order valence-electron chi connectivity index (χ0n) is 10.8. The van der Waals surface area contributed by atoms with E-state index in [0.29, 0.717) is 11.8 Å². The summed E-state index contributed by atoms with van der Waals surface area (Å²) in [7, 11) is 0. The van der Waals surface area contributed by atoms with Crippen molar-refractivity contribution in [2.75, 3.05) is 0 Å². The minimum atomic E-state index is -5.07. The van der Waals surface area contributed by atoms with Crippen LogP contribution in [0.1, 0.15) is 11.1 Å². The van der Waals surface area contributed by atoms with Crippen molar-refractivity contribution in [3.8, 4) is 0 Å². The van der Waals surface area contributed by atoms with Gasteiger partial charge in [-0.15, -0.1) is 13.2 Å². The van der Waals surface area contributed by atoms with E-state index < -0.39 is 32.1 Å². The molecule has 0 unspecified atom stereocenters. The maximum atomic E-state index is 12.8. The molecule has 0 fully saturated rings. The summed E-state index contributed by atoms with van der Waals surface area (Å²) in [6.07, 6.45) is -4.65. The van der Waals surface area contributed by atoms with Crippen LogP contribution in [-0.4, -0.2) is 9.49 Å². The highest BCUT2D eigenvalue weighted by molar-refractivity contribution is 6.33. The Morgan fingerprint density at radius 2 is 1.82 bits per heavy atom. The SMILES string of the molecule is O=c1c([N+](=O)[O-])c(Cl)c(Cc2ccccc2)cn1C(F)(F)F. The van der Waals surface area contributed by atoms with Gasteiger partial charge in [0.25, 0.3) is 0 Å². The number of aromatic nitrogens is 1. The van der Waals surface area contributed by atoms with Gasteiger partial charge in [0.15, 0.2) is 0 Å². The molecule has 0 aliphatic carbocycles. The average Bonchev–Trinajstić information content (AvgIpc) is 2.41. The fraction of sp³-hybridized carbons (Fsp3) is 0.154. The zero-order valence-corrected chi connectivity index (χ0v) is 11.6. The Morgan fingerprint density at radius 1 is 1.23 bits per heavy atom. The van der Waals surface area contributed by atoms with E-state index in [-0.39, 0.29) is 12.0 Å². The molecule has 0 aliphatic rings. The van der Waals surface area contributed by atoms with Crippen molar-refractivity contribution in [2.24, 2.45) is 0 Å². The minimum absolute atomic E-state index is 0.0725. The second-order valence-corrected chi connectivity index (χ2v) is 4.76. The average molecular weight is 333 g/mol. The first kappa shape index (κ1) is 16.0. The van der Waals surface area contributed by atoms with Crippen LogP contribution in [0.25, 0.3) is 0 Å². The smallest absolute Gasteiger partial charge is 0.261 e. The van der Waals surface area contributed by atoms with Crippen molar-refractivity contribution in [3.05, 3.63) is 73.1 Å². The van der Waals surface area contributed by atoms with Crippen LogP contribution in [-0.2, 0) is 12.7 Å². The van der Waals surface area contributed by atoms with E-state index in [9.17, 15) is 28.1 Å². The second kappa shape index (κ2) is 5.80. The Hall–Kier alpha value is -2.35. The van der Waals surface area contributed by atoms with Gasteiger partial charge in [-0.05, 0) is 11.1 Å². The first-order valence-corrected chi connectivity index (χ1v) is 6.29. The van der Waals surface area contributed by atoms with Gasteiger partial charge in [-0.2, -0.15) is 0 Å². The maximum Gasteiger partial charge on any atom is 0.491 e. The van der Waals surface area contributed by atoms with Crippen molar-refractivity contribution >= 4 is 17.3 Å². The van der Waals surface area contributed by atoms with Crippen LogP contribution in [0, 0.1) is 10.1 Å². The molecular weight excluding hydrogens is 325 g/mol. The Balaban J connectivity index is 2.66. The number of alkyl halides is 3. The third-order valence-corrected chi connectivity index (χ3v) is 3.31. The monoisotopic (exact) mass is 332 g/mol. The summed E-state index contributed by atoms with van der Waals surface area (Å²) in [4.78, 5) is 21.3. The standard InChI is InChI=1S/C13H8ClF3N2O3/c14-10-9(6-8-4-2-1-3-5-8)7-18(13(15,16)17)12(20)11(10)19(21)22/h1-5,7H,6H2. The predicted octanol–water partition coefficient (Wildman–Crippen LogP) is 3.48. The molecule has 0 N–H and O–H groups in total. The lowest BCUT2D eigenvalue weighted by atomic mass is 10.1. The van der Waals surface area contributed by atoms with Crippen molar-refractivity contribution in [1.82, 2.24) is 4.57 Å². The third kappa shape index (κ3) is 3.11. The van der Waals surface area contributed by atoms with E-state index in [1.54, 1.807) is 30.3 Å². The van der Waals surface area contributed by atoms with Crippen molar-refractivity contribution in [3.63, 3.8) is 0 Å². The Kier molecular flexibility index (Phi) is 4.23. The van der Waals surface area contributed by atoms with Crippen molar-refractivity contribution in [2.45, 2.75) is 12.7 Å². The summed E-state index contributed by atoms with van der Waals surface area (Å²) in [5.74, 6) is 0. The van der Waals surface area contributed by atoms with Crippen LogP contribution in [0.4, 0.5) is 18.9 Å². The summed E-state index contributed by atoms with van der Waals surface area (Å²) in [5, 5.41) is 10.3. The van der Waals surface area contributed by atoms with Gasteiger partial charge in [0.05, 0.1) is 4.92 Å². The molecule has 2 rings (SSSR count). The summed E-state index contributed by atoms with van der Waals surface area (Å²) in [5.41, 5.74) is -2.64. The first-order chi connectivity index (χ1) is 10.2. The topological polar surface area (TPSA) is 65.1 Å². The Morgan fingerprint density at radius 3 is 2.32 bits per heavy atom. The van der Waals surface area contributed by atoms with Crippen LogP contribution >= 0.6 is 11.6 Å². The van der Waals surface area contributed by atoms with Gasteiger partial charge in [-0.3, -0.25) is 14.9 Å². The van der Waals surface area contributed by atoms with Gasteiger partial charge >= 0.3 is 17.5 Å². The lowest BCUT2D eigenvalue weighted by Crippen LogP contribution is -2.32. The summed E-state index contributed by atoms with van der Waals surface area (Å²) in [6.45, 7) is 0. The van der Waals surface area contributed by atoms with E-state index >= 15 is 0 Å². The fourth-order valence-corrected chi connectivity index (χ4v) is 2.18. The molecule has 9 heteroatoms.